The summed E-state index contributed by atoms with van der Waals surface area (Å²) in [5, 5.41) is 0. The van der Waals surface area contributed by atoms with Gasteiger partial charge in [0, 0.05) is 0 Å². The zero-order chi connectivity index (χ0) is 15.2. The summed E-state index contributed by atoms with van der Waals surface area (Å²) in [6, 6.07) is 0. The normalized spacial score (nSPS) is 16.2. The van der Waals surface area contributed by atoms with Crippen LogP contribution in [0.15, 0.2) is 0 Å². The molecule has 0 aromatic rings. The predicted octanol–water partition coefficient (Wildman–Crippen LogP) is 4.16. The highest BCUT2D eigenvalue weighted by Crippen LogP contribution is 2.59. The maximum absolute atomic E-state index is 12.5. The lowest BCUT2D eigenvalue weighted by molar-refractivity contribution is -0.412. The van der Waals surface area contributed by atoms with E-state index >= 15 is 0 Å². The monoisotopic (exact) mass is 315 g/mol. The molecule has 0 saturated carbocycles. The van der Waals surface area contributed by atoms with Crippen molar-refractivity contribution in [3.05, 3.63) is 0 Å². The SMILES string of the molecule is C=[PH+]C(F)(F)C(F)(F)C(F)(F)C(F)(F)C(F)(F)F. The van der Waals surface area contributed by atoms with Crippen LogP contribution in [0.3, 0.4) is 0 Å². The molecule has 18 heavy (non-hydrogen) atoms. The van der Waals surface area contributed by atoms with Crippen molar-refractivity contribution in [1.82, 2.24) is 0 Å². The molecule has 0 saturated heterocycles. The summed E-state index contributed by atoms with van der Waals surface area (Å²) in [5.41, 5.74) is -5.80. The topological polar surface area (TPSA) is 0 Å². The summed E-state index contributed by atoms with van der Waals surface area (Å²) >= 11 is 0. The lowest BCUT2D eigenvalue weighted by Gasteiger charge is -2.33. The first-order valence-corrected chi connectivity index (χ1v) is 4.89. The molecule has 0 fully saturated rings. The Morgan fingerprint density at radius 2 is 0.889 bits per heavy atom. The van der Waals surface area contributed by atoms with Gasteiger partial charge in [-0.3, -0.25) is 0 Å². The van der Waals surface area contributed by atoms with Crippen LogP contribution in [-0.2, 0) is 0 Å². The highest BCUT2D eigenvalue weighted by Gasteiger charge is 2.89. The van der Waals surface area contributed by atoms with Crippen molar-refractivity contribution in [3.63, 3.8) is 0 Å². The van der Waals surface area contributed by atoms with E-state index in [9.17, 15) is 48.3 Å². The molecule has 0 amide bonds. The molecule has 12 heteroatoms. The molecule has 0 aliphatic carbocycles. The van der Waals surface area contributed by atoms with Crippen molar-refractivity contribution in [3.8, 4) is 0 Å². The molecule has 0 rings (SSSR count). The average molecular weight is 315 g/mol. The van der Waals surface area contributed by atoms with Crippen LogP contribution < -0.4 is 0 Å². The summed E-state index contributed by atoms with van der Waals surface area (Å²) in [6.45, 7) is 0. The Kier molecular flexibility index (Phi) is 4.07. The molecular weight excluding hydrogens is 312 g/mol. The minimum atomic E-state index is -7.31. The molecule has 0 nitrogen and oxygen atoms in total. The fourth-order valence-electron chi connectivity index (χ4n) is 0.683. The molecular formula is C6H3F11P+. The number of hydrogen-bond acceptors (Lipinski definition) is 0. The zero-order valence-corrected chi connectivity index (χ0v) is 8.86. The van der Waals surface area contributed by atoms with E-state index in [-0.39, 0.29) is 0 Å². The Morgan fingerprint density at radius 3 is 1.11 bits per heavy atom. The van der Waals surface area contributed by atoms with Gasteiger partial charge in [-0.1, -0.05) is 0 Å². The van der Waals surface area contributed by atoms with Crippen LogP contribution in [0.25, 0.3) is 0 Å². The summed E-state index contributed by atoms with van der Waals surface area (Å²) in [4.78, 5) is 0. The number of halogens is 11. The van der Waals surface area contributed by atoms with Crippen LogP contribution in [0.2, 0.25) is 0 Å². The third-order valence-corrected chi connectivity index (χ3v) is 2.52. The van der Waals surface area contributed by atoms with Crippen LogP contribution >= 0.6 is 8.20 Å². The first-order chi connectivity index (χ1) is 7.56. The molecule has 0 bridgehead atoms. The molecule has 0 aliphatic rings. The van der Waals surface area contributed by atoms with E-state index in [1.54, 1.807) is 0 Å². The van der Waals surface area contributed by atoms with Gasteiger partial charge in [0.2, 0.25) is 0 Å². The average Bonchev–Trinajstić information content (AvgIpc) is 2.15. The van der Waals surface area contributed by atoms with Gasteiger partial charge in [0.25, 0.3) is 0 Å². The second-order valence-electron chi connectivity index (χ2n) is 2.97. The van der Waals surface area contributed by atoms with Crippen molar-refractivity contribution < 1.29 is 48.3 Å². The quantitative estimate of drug-likeness (QED) is 0.540. The van der Waals surface area contributed by atoms with Crippen molar-refractivity contribution in [2.24, 2.45) is 0 Å². The fraction of sp³-hybridized carbons (Fsp3) is 0.833. The number of rotatable bonds is 4. The zero-order valence-electron chi connectivity index (χ0n) is 7.86. The second kappa shape index (κ2) is 4.21. The third-order valence-electron chi connectivity index (χ3n) is 1.76. The van der Waals surface area contributed by atoms with Gasteiger partial charge in [-0.15, -0.1) is 0 Å². The summed E-state index contributed by atoms with van der Waals surface area (Å²) in [5.74, 6) is -21.5. The number of hydrogen-bond donors (Lipinski definition) is 0. The van der Waals surface area contributed by atoms with Gasteiger partial charge in [0.15, 0.2) is 8.20 Å². The third kappa shape index (κ3) is 2.17. The van der Waals surface area contributed by atoms with E-state index in [0.717, 1.165) is 0 Å². The van der Waals surface area contributed by atoms with E-state index in [4.69, 9.17) is 0 Å². The van der Waals surface area contributed by atoms with Gasteiger partial charge in [-0.25, -0.2) is 0 Å². The van der Waals surface area contributed by atoms with E-state index in [2.05, 4.69) is 6.30 Å². The van der Waals surface area contributed by atoms with Crippen molar-refractivity contribution in [2.45, 2.75) is 29.6 Å². The largest absolute Gasteiger partial charge is 0.469 e. The maximum Gasteiger partial charge on any atom is 0.469 e. The highest BCUT2D eigenvalue weighted by molar-refractivity contribution is 7.38. The Hall–Kier alpha value is -0.600. The Labute approximate surface area is 93.6 Å². The van der Waals surface area contributed by atoms with E-state index in [0.29, 0.717) is 0 Å². The standard InChI is InChI=1S/C6H2F11P/c1-18-6(16,17)4(11,12)2(7,8)3(9,10)5(13,14)15/h1H2/p+1. The minimum absolute atomic E-state index is 2.12. The Balaban J connectivity index is 5.87. The molecule has 0 aromatic carbocycles. The van der Waals surface area contributed by atoms with Gasteiger partial charge in [0.05, 0.1) is 6.30 Å². The van der Waals surface area contributed by atoms with E-state index in [1.807, 2.05) is 0 Å². The molecule has 0 radical (unpaired) electrons. The second-order valence-corrected chi connectivity index (χ2v) is 3.95. The van der Waals surface area contributed by atoms with Crippen molar-refractivity contribution in [1.29, 1.82) is 0 Å². The lowest BCUT2D eigenvalue weighted by atomic mass is 10.0. The molecule has 108 valence electrons. The van der Waals surface area contributed by atoms with Gasteiger partial charge in [0.1, 0.15) is 0 Å². The van der Waals surface area contributed by atoms with Gasteiger partial charge in [-0.05, 0) is 0 Å². The Bertz CT molecular complexity index is 327. The predicted molar refractivity (Wildman–Crippen MR) is 41.3 cm³/mol. The van der Waals surface area contributed by atoms with Crippen LogP contribution in [-0.4, -0.2) is 35.9 Å². The summed E-state index contributed by atoms with van der Waals surface area (Å²) in [6.07, 6.45) is -4.99. The molecule has 0 spiro atoms. The molecule has 0 N–H and O–H groups in total. The minimum Gasteiger partial charge on any atom is -0.192 e. The first kappa shape index (κ1) is 17.4. The van der Waals surface area contributed by atoms with Crippen LogP contribution in [0.1, 0.15) is 0 Å². The summed E-state index contributed by atoms with van der Waals surface area (Å²) < 4.78 is 134. The molecule has 1 unspecified atom stereocenters. The molecule has 1 atom stereocenters. The fourth-order valence-corrected chi connectivity index (χ4v) is 1.06. The van der Waals surface area contributed by atoms with E-state index < -0.39 is 37.8 Å². The maximum atomic E-state index is 12.5. The molecule has 0 heterocycles. The lowest BCUT2D eigenvalue weighted by Crippen LogP contribution is -2.65. The Morgan fingerprint density at radius 1 is 0.556 bits per heavy atom. The van der Waals surface area contributed by atoms with Crippen LogP contribution in [0.4, 0.5) is 48.3 Å². The smallest absolute Gasteiger partial charge is 0.192 e. The van der Waals surface area contributed by atoms with Crippen LogP contribution in [0.5, 0.6) is 0 Å². The van der Waals surface area contributed by atoms with E-state index in [1.165, 1.54) is 0 Å². The van der Waals surface area contributed by atoms with Crippen LogP contribution in [0, 0.1) is 0 Å². The number of alkyl halides is 11. The van der Waals surface area contributed by atoms with Crippen molar-refractivity contribution in [2.75, 3.05) is 0 Å². The summed E-state index contributed by atoms with van der Waals surface area (Å²) in [7, 11) is -2.54. The van der Waals surface area contributed by atoms with Gasteiger partial charge >= 0.3 is 29.6 Å². The van der Waals surface area contributed by atoms with Crippen molar-refractivity contribution >= 4 is 14.5 Å². The molecule has 0 aliphatic heterocycles. The molecule has 0 aromatic heterocycles. The first-order valence-electron chi connectivity index (χ1n) is 3.68. The highest BCUT2D eigenvalue weighted by atomic mass is 31.1. The van der Waals surface area contributed by atoms with Gasteiger partial charge < -0.3 is 0 Å². The van der Waals surface area contributed by atoms with Gasteiger partial charge in [-0.2, -0.15) is 48.3 Å².